The molecule has 0 bridgehead atoms. The van der Waals surface area contributed by atoms with Crippen LogP contribution in [0.1, 0.15) is 12.3 Å². The summed E-state index contributed by atoms with van der Waals surface area (Å²) in [6.45, 7) is 0. The lowest BCUT2D eigenvalue weighted by atomic mass is 10.2. The van der Waals surface area contributed by atoms with Crippen LogP contribution in [-0.2, 0) is 11.2 Å². The summed E-state index contributed by atoms with van der Waals surface area (Å²) in [6.07, 6.45) is -0.185. The molecule has 1 N–H and O–H groups in total. The molecule has 2 aromatic carbocycles. The van der Waals surface area contributed by atoms with E-state index in [4.69, 9.17) is 4.42 Å². The number of aromatic nitrogens is 2. The van der Waals surface area contributed by atoms with Gasteiger partial charge in [-0.1, -0.05) is 12.1 Å². The zero-order valence-corrected chi connectivity index (χ0v) is 13.1. The van der Waals surface area contributed by atoms with Crippen LogP contribution < -0.4 is 5.32 Å². The molecule has 0 aliphatic rings. The van der Waals surface area contributed by atoms with Crippen molar-refractivity contribution in [2.24, 2.45) is 0 Å². The van der Waals surface area contributed by atoms with Crippen LogP contribution in [0.3, 0.4) is 0 Å². The van der Waals surface area contributed by atoms with Crippen molar-refractivity contribution in [1.82, 2.24) is 10.2 Å². The Balaban J connectivity index is 1.62. The minimum atomic E-state index is -1.67. The lowest BCUT2D eigenvalue weighted by Gasteiger charge is -2.06. The van der Waals surface area contributed by atoms with Crippen molar-refractivity contribution in [3.63, 3.8) is 0 Å². The van der Waals surface area contributed by atoms with Crippen molar-refractivity contribution in [2.75, 3.05) is 5.32 Å². The lowest BCUT2D eigenvalue weighted by Crippen LogP contribution is -2.14. The molecular formula is C17H11F4N3O2. The van der Waals surface area contributed by atoms with Crippen LogP contribution in [0.4, 0.5) is 23.2 Å². The molecule has 1 amide bonds. The Morgan fingerprint density at radius 1 is 0.962 bits per heavy atom. The molecule has 0 radical (unpaired) electrons. The SMILES string of the molecule is O=C(CCc1nnc(-c2ccccc2F)o1)Nc1ccc(F)c(F)c1F. The van der Waals surface area contributed by atoms with Crippen LogP contribution in [0.25, 0.3) is 11.5 Å². The molecule has 0 aliphatic carbocycles. The van der Waals surface area contributed by atoms with Gasteiger partial charge in [-0.2, -0.15) is 0 Å². The molecule has 0 saturated heterocycles. The smallest absolute Gasteiger partial charge is 0.250 e. The normalized spacial score (nSPS) is 10.8. The maximum absolute atomic E-state index is 13.7. The second-order valence-electron chi connectivity index (χ2n) is 5.25. The van der Waals surface area contributed by atoms with Crippen molar-refractivity contribution in [3.8, 4) is 11.5 Å². The molecule has 0 spiro atoms. The molecule has 0 fully saturated rings. The molecule has 0 aliphatic heterocycles. The summed E-state index contributed by atoms with van der Waals surface area (Å²) < 4.78 is 58.4. The standard InChI is InChI=1S/C17H11F4N3O2/c18-10-4-2-1-3-9(10)17-24-23-14(26-17)8-7-13(25)22-12-6-5-11(19)15(20)16(12)21/h1-6H,7-8H2,(H,22,25). The molecule has 1 heterocycles. The van der Waals surface area contributed by atoms with Gasteiger partial charge in [0.2, 0.25) is 11.8 Å². The number of hydrogen-bond acceptors (Lipinski definition) is 4. The van der Waals surface area contributed by atoms with Gasteiger partial charge in [-0.3, -0.25) is 4.79 Å². The van der Waals surface area contributed by atoms with Crippen LogP contribution in [-0.4, -0.2) is 16.1 Å². The first-order valence-electron chi connectivity index (χ1n) is 7.46. The van der Waals surface area contributed by atoms with Crippen molar-refractivity contribution in [3.05, 3.63) is 65.6 Å². The van der Waals surface area contributed by atoms with Crippen molar-refractivity contribution < 1.29 is 26.8 Å². The van der Waals surface area contributed by atoms with E-state index in [9.17, 15) is 22.4 Å². The lowest BCUT2D eigenvalue weighted by molar-refractivity contribution is -0.116. The van der Waals surface area contributed by atoms with Gasteiger partial charge in [-0.25, -0.2) is 17.6 Å². The highest BCUT2D eigenvalue weighted by Crippen LogP contribution is 2.22. The first-order chi connectivity index (χ1) is 12.5. The number of anilines is 1. The van der Waals surface area contributed by atoms with E-state index in [-0.39, 0.29) is 30.2 Å². The van der Waals surface area contributed by atoms with Gasteiger partial charge in [-0.15, -0.1) is 10.2 Å². The summed E-state index contributed by atoms with van der Waals surface area (Å²) in [5.41, 5.74) is -0.356. The van der Waals surface area contributed by atoms with Crippen LogP contribution >= 0.6 is 0 Å². The Morgan fingerprint density at radius 3 is 2.50 bits per heavy atom. The van der Waals surface area contributed by atoms with E-state index in [1.807, 2.05) is 0 Å². The van der Waals surface area contributed by atoms with E-state index in [1.165, 1.54) is 18.2 Å². The minimum absolute atomic E-state index is 0.00141. The van der Waals surface area contributed by atoms with Gasteiger partial charge in [-0.05, 0) is 24.3 Å². The summed E-state index contributed by atoms with van der Waals surface area (Å²) in [4.78, 5) is 11.8. The van der Waals surface area contributed by atoms with E-state index in [0.717, 1.165) is 6.07 Å². The first kappa shape index (κ1) is 17.6. The molecule has 134 valence electrons. The van der Waals surface area contributed by atoms with E-state index < -0.39 is 34.9 Å². The molecule has 3 aromatic rings. The average Bonchev–Trinajstić information content (AvgIpc) is 3.10. The fraction of sp³-hybridized carbons (Fsp3) is 0.118. The summed E-state index contributed by atoms with van der Waals surface area (Å²) in [5.74, 6) is -5.68. The van der Waals surface area contributed by atoms with Crippen LogP contribution in [0, 0.1) is 23.3 Å². The van der Waals surface area contributed by atoms with Gasteiger partial charge in [0.05, 0.1) is 11.3 Å². The summed E-state index contributed by atoms with van der Waals surface area (Å²) in [5, 5.41) is 9.54. The highest BCUT2D eigenvalue weighted by atomic mass is 19.2. The van der Waals surface area contributed by atoms with Gasteiger partial charge in [0.15, 0.2) is 17.5 Å². The Hall–Kier alpha value is -3.23. The monoisotopic (exact) mass is 365 g/mol. The summed E-state index contributed by atoms with van der Waals surface area (Å²) >= 11 is 0. The molecule has 1 aromatic heterocycles. The number of rotatable bonds is 5. The Morgan fingerprint density at radius 2 is 1.73 bits per heavy atom. The number of aryl methyl sites for hydroxylation is 1. The third-order valence-electron chi connectivity index (χ3n) is 3.45. The largest absolute Gasteiger partial charge is 0.421 e. The second-order valence-corrected chi connectivity index (χ2v) is 5.25. The molecule has 3 rings (SSSR count). The highest BCUT2D eigenvalue weighted by molar-refractivity contribution is 5.90. The minimum Gasteiger partial charge on any atom is -0.421 e. The van der Waals surface area contributed by atoms with Crippen LogP contribution in [0.2, 0.25) is 0 Å². The van der Waals surface area contributed by atoms with E-state index in [0.29, 0.717) is 6.07 Å². The Kier molecular flexibility index (Phi) is 4.97. The summed E-state index contributed by atoms with van der Waals surface area (Å²) in [7, 11) is 0. The molecular weight excluding hydrogens is 354 g/mol. The average molecular weight is 365 g/mol. The molecule has 0 atom stereocenters. The molecule has 0 saturated carbocycles. The predicted molar refractivity (Wildman–Crippen MR) is 83.0 cm³/mol. The third-order valence-corrected chi connectivity index (χ3v) is 3.45. The number of halogens is 4. The number of nitrogens with zero attached hydrogens (tertiary/aromatic N) is 2. The van der Waals surface area contributed by atoms with Gasteiger partial charge >= 0.3 is 0 Å². The first-order valence-corrected chi connectivity index (χ1v) is 7.46. The Bertz CT molecular complexity index is 959. The fourth-order valence-corrected chi connectivity index (χ4v) is 2.15. The highest BCUT2D eigenvalue weighted by Gasteiger charge is 2.17. The number of nitrogens with one attached hydrogen (secondary N) is 1. The van der Waals surface area contributed by atoms with Crippen LogP contribution in [0.5, 0.6) is 0 Å². The fourth-order valence-electron chi connectivity index (χ4n) is 2.15. The van der Waals surface area contributed by atoms with Crippen molar-refractivity contribution in [1.29, 1.82) is 0 Å². The van der Waals surface area contributed by atoms with Gasteiger partial charge in [0, 0.05) is 12.8 Å². The van der Waals surface area contributed by atoms with Gasteiger partial charge < -0.3 is 9.73 Å². The van der Waals surface area contributed by atoms with Crippen LogP contribution in [0.15, 0.2) is 40.8 Å². The quantitative estimate of drug-likeness (QED) is 0.551. The third kappa shape index (κ3) is 3.71. The molecule has 5 nitrogen and oxygen atoms in total. The topological polar surface area (TPSA) is 68.0 Å². The molecule has 26 heavy (non-hydrogen) atoms. The number of carbonyl (C=O) groups is 1. The molecule has 0 unspecified atom stereocenters. The number of amides is 1. The molecule has 9 heteroatoms. The van der Waals surface area contributed by atoms with E-state index in [1.54, 1.807) is 6.07 Å². The Labute approximate surface area is 144 Å². The van der Waals surface area contributed by atoms with Gasteiger partial charge in [0.25, 0.3) is 5.89 Å². The second kappa shape index (κ2) is 7.34. The van der Waals surface area contributed by atoms with Crippen molar-refractivity contribution >= 4 is 11.6 Å². The zero-order valence-electron chi connectivity index (χ0n) is 13.1. The van der Waals surface area contributed by atoms with E-state index >= 15 is 0 Å². The predicted octanol–water partition coefficient (Wildman–Crippen LogP) is 3.86. The van der Waals surface area contributed by atoms with E-state index in [2.05, 4.69) is 15.5 Å². The maximum Gasteiger partial charge on any atom is 0.250 e. The van der Waals surface area contributed by atoms with Crippen molar-refractivity contribution in [2.45, 2.75) is 12.8 Å². The number of carbonyl (C=O) groups excluding carboxylic acids is 1. The zero-order chi connectivity index (χ0) is 18.7. The maximum atomic E-state index is 13.7. The number of benzene rings is 2. The summed E-state index contributed by atoms with van der Waals surface area (Å²) in [6, 6.07) is 7.43. The van der Waals surface area contributed by atoms with Gasteiger partial charge in [0.1, 0.15) is 5.82 Å². The number of hydrogen-bond donors (Lipinski definition) is 1.